The highest BCUT2D eigenvalue weighted by molar-refractivity contribution is 7.22. The SMILES string of the molecule is CC(C)n1cnc2cc(Cl)sc21.CCC1(C)CCc2[nH]ccc21.CCCCCc1coc2c1C(=O)C=C2. The van der Waals surface area contributed by atoms with Gasteiger partial charge in [0.05, 0.1) is 22.5 Å². The second kappa shape index (κ2) is 11.9. The number of H-pyrrole nitrogens is 1. The lowest BCUT2D eigenvalue weighted by molar-refractivity contribution is 0.104. The first kappa shape index (κ1) is 27.5. The molecular weight excluding hydrogens is 502 g/mol. The predicted molar refractivity (Wildman–Crippen MR) is 155 cm³/mol. The number of furan rings is 1. The number of allylic oxidation sites excluding steroid dienone is 1. The summed E-state index contributed by atoms with van der Waals surface area (Å²) in [5.41, 5.74) is 6.35. The van der Waals surface area contributed by atoms with Crippen molar-refractivity contribution in [3.05, 3.63) is 69.5 Å². The third-order valence-electron chi connectivity index (χ3n) is 7.54. The minimum absolute atomic E-state index is 0.0975. The molecule has 7 heteroatoms. The molecule has 37 heavy (non-hydrogen) atoms. The fraction of sp³-hybridized carbons (Fsp3) is 0.467. The number of fused-ring (bicyclic) bond motifs is 3. The van der Waals surface area contributed by atoms with Crippen LogP contribution in [0.3, 0.4) is 0 Å². The van der Waals surface area contributed by atoms with Crippen molar-refractivity contribution in [2.24, 2.45) is 0 Å². The largest absolute Gasteiger partial charge is 0.464 e. The van der Waals surface area contributed by atoms with Gasteiger partial charge in [0.2, 0.25) is 0 Å². The Balaban J connectivity index is 0.000000131. The quantitative estimate of drug-likeness (QED) is 0.248. The van der Waals surface area contributed by atoms with Crippen LogP contribution in [0.5, 0.6) is 0 Å². The summed E-state index contributed by atoms with van der Waals surface area (Å²) in [5.74, 6) is 0.835. The number of carbonyl (C=O) groups excluding carboxylic acids is 1. The Hall–Kier alpha value is -2.57. The summed E-state index contributed by atoms with van der Waals surface area (Å²) in [6, 6.07) is 4.59. The van der Waals surface area contributed by atoms with Crippen molar-refractivity contribution in [3.8, 4) is 0 Å². The van der Waals surface area contributed by atoms with Crippen LogP contribution in [0, 0.1) is 0 Å². The van der Waals surface area contributed by atoms with Crippen LogP contribution in [0.15, 0.2) is 41.4 Å². The summed E-state index contributed by atoms with van der Waals surface area (Å²) in [5, 5.41) is 0. The van der Waals surface area contributed by atoms with Crippen LogP contribution >= 0.6 is 22.9 Å². The molecule has 0 aromatic carbocycles. The molecule has 4 aromatic heterocycles. The minimum Gasteiger partial charge on any atom is -0.464 e. The van der Waals surface area contributed by atoms with E-state index in [4.69, 9.17) is 16.0 Å². The van der Waals surface area contributed by atoms with Crippen LogP contribution < -0.4 is 0 Å². The molecule has 4 aromatic rings. The van der Waals surface area contributed by atoms with Crippen LogP contribution in [0.25, 0.3) is 16.4 Å². The maximum absolute atomic E-state index is 11.4. The van der Waals surface area contributed by atoms with Crippen LogP contribution in [-0.2, 0) is 18.3 Å². The molecular formula is C30H38ClN3O2S. The molecule has 0 amide bonds. The zero-order valence-corrected chi connectivity index (χ0v) is 24.1. The lowest BCUT2D eigenvalue weighted by Crippen LogP contribution is -2.15. The van der Waals surface area contributed by atoms with Crippen molar-refractivity contribution >= 4 is 45.1 Å². The lowest BCUT2D eigenvalue weighted by atomic mass is 9.83. The van der Waals surface area contributed by atoms with E-state index in [1.165, 1.54) is 37.8 Å². The molecule has 6 rings (SSSR count). The van der Waals surface area contributed by atoms with Crippen molar-refractivity contribution < 1.29 is 9.21 Å². The Morgan fingerprint density at radius 1 is 1.27 bits per heavy atom. The van der Waals surface area contributed by atoms with Gasteiger partial charge < -0.3 is 14.0 Å². The molecule has 1 unspecified atom stereocenters. The van der Waals surface area contributed by atoms with Gasteiger partial charge in [-0.05, 0) is 81.2 Å². The Morgan fingerprint density at radius 3 is 2.81 bits per heavy atom. The van der Waals surface area contributed by atoms with Crippen molar-refractivity contribution in [3.63, 3.8) is 0 Å². The standard InChI is InChI=1S/C12H14O2.C10H15N.C8H9ClN2S/c1-2-3-4-5-9-8-14-11-7-6-10(13)12(9)11;1-3-10(2)6-4-9-8(10)5-7-11-9;1-5(2)11-4-10-6-3-7(9)12-8(6)11/h6-8H,2-5H2,1H3;5,7,11H,3-4,6H2,1-2H3;3-5H,1-2H3. The van der Waals surface area contributed by atoms with E-state index in [2.05, 4.69) is 61.4 Å². The number of aromatic nitrogens is 3. The number of ketones is 1. The summed E-state index contributed by atoms with van der Waals surface area (Å²) >= 11 is 7.45. The number of hydrogen-bond donors (Lipinski definition) is 1. The van der Waals surface area contributed by atoms with Crippen molar-refractivity contribution in [2.75, 3.05) is 0 Å². The molecule has 2 aliphatic rings. The zero-order chi connectivity index (χ0) is 26.6. The molecule has 0 saturated carbocycles. The van der Waals surface area contributed by atoms with E-state index in [1.54, 1.807) is 35.3 Å². The van der Waals surface area contributed by atoms with Gasteiger partial charge in [-0.25, -0.2) is 4.98 Å². The molecule has 4 heterocycles. The summed E-state index contributed by atoms with van der Waals surface area (Å²) in [6.07, 6.45) is 17.3. The summed E-state index contributed by atoms with van der Waals surface area (Å²) in [6.45, 7) is 11.1. The summed E-state index contributed by atoms with van der Waals surface area (Å²) in [7, 11) is 0. The number of aromatic amines is 1. The number of aryl methyl sites for hydroxylation is 2. The van der Waals surface area contributed by atoms with Gasteiger partial charge in [0.1, 0.15) is 16.1 Å². The van der Waals surface area contributed by atoms with E-state index >= 15 is 0 Å². The van der Waals surface area contributed by atoms with Gasteiger partial charge in [-0.3, -0.25) is 4.79 Å². The van der Waals surface area contributed by atoms with Crippen LogP contribution in [0.1, 0.15) is 106 Å². The number of carbonyl (C=O) groups is 1. The number of rotatable bonds is 6. The average Bonchev–Trinajstić information content (AvgIpc) is 3.68. The van der Waals surface area contributed by atoms with E-state index in [1.807, 2.05) is 12.4 Å². The van der Waals surface area contributed by atoms with Gasteiger partial charge in [0.15, 0.2) is 5.78 Å². The highest BCUT2D eigenvalue weighted by Crippen LogP contribution is 2.40. The molecule has 2 aliphatic carbocycles. The van der Waals surface area contributed by atoms with Crippen LogP contribution in [-0.4, -0.2) is 20.3 Å². The predicted octanol–water partition coefficient (Wildman–Crippen LogP) is 9.18. The van der Waals surface area contributed by atoms with Gasteiger partial charge in [-0.1, -0.05) is 45.2 Å². The van der Waals surface area contributed by atoms with Gasteiger partial charge in [0.25, 0.3) is 0 Å². The second-order valence-electron chi connectivity index (χ2n) is 10.4. The molecule has 0 fully saturated rings. The molecule has 0 spiro atoms. The Bertz CT molecular complexity index is 1370. The zero-order valence-electron chi connectivity index (χ0n) is 22.6. The first-order valence-electron chi connectivity index (χ1n) is 13.4. The lowest BCUT2D eigenvalue weighted by Gasteiger charge is -2.21. The first-order chi connectivity index (χ1) is 17.8. The van der Waals surface area contributed by atoms with Crippen molar-refractivity contribution in [1.29, 1.82) is 0 Å². The van der Waals surface area contributed by atoms with E-state index in [-0.39, 0.29) is 5.78 Å². The molecule has 0 saturated heterocycles. The number of unbranched alkanes of at least 4 members (excludes halogenated alkanes) is 2. The fourth-order valence-corrected chi connectivity index (χ4v) is 6.30. The number of halogens is 1. The Morgan fingerprint density at radius 2 is 2.08 bits per heavy atom. The third-order valence-corrected chi connectivity index (χ3v) is 8.81. The normalized spacial score (nSPS) is 17.5. The van der Waals surface area contributed by atoms with Crippen LogP contribution in [0.2, 0.25) is 4.34 Å². The number of imidazole rings is 1. The number of nitrogens with one attached hydrogen (secondary N) is 1. The molecule has 1 atom stereocenters. The van der Waals surface area contributed by atoms with Gasteiger partial charge in [-0.15, -0.1) is 11.3 Å². The van der Waals surface area contributed by atoms with Gasteiger partial charge in [0, 0.05) is 23.5 Å². The first-order valence-corrected chi connectivity index (χ1v) is 14.6. The molecule has 0 aliphatic heterocycles. The van der Waals surface area contributed by atoms with Gasteiger partial charge in [-0.2, -0.15) is 0 Å². The minimum atomic E-state index is 0.0975. The van der Waals surface area contributed by atoms with E-state index in [0.29, 0.717) is 11.5 Å². The maximum atomic E-state index is 11.4. The average molecular weight is 540 g/mol. The highest BCUT2D eigenvalue weighted by Gasteiger charge is 2.32. The molecule has 0 radical (unpaired) electrons. The van der Waals surface area contributed by atoms with E-state index in [0.717, 1.165) is 44.4 Å². The summed E-state index contributed by atoms with van der Waals surface area (Å²) < 4.78 is 8.24. The third kappa shape index (κ3) is 5.96. The molecule has 198 valence electrons. The molecule has 0 bridgehead atoms. The molecule has 5 nitrogen and oxygen atoms in total. The number of hydrogen-bond acceptors (Lipinski definition) is 4. The summed E-state index contributed by atoms with van der Waals surface area (Å²) in [4.78, 5) is 20.2. The van der Waals surface area contributed by atoms with Crippen molar-refractivity contribution in [2.45, 2.75) is 91.0 Å². The Kier molecular flexibility index (Phi) is 8.81. The van der Waals surface area contributed by atoms with Crippen molar-refractivity contribution in [1.82, 2.24) is 14.5 Å². The van der Waals surface area contributed by atoms with E-state index < -0.39 is 0 Å². The number of thiophene rings is 1. The highest BCUT2D eigenvalue weighted by atomic mass is 35.5. The topological polar surface area (TPSA) is 63.8 Å². The smallest absolute Gasteiger partial charge is 0.190 e. The second-order valence-corrected chi connectivity index (χ2v) is 12.1. The fourth-order valence-electron chi connectivity index (χ4n) is 5.04. The maximum Gasteiger partial charge on any atom is 0.190 e. The Labute approximate surface area is 228 Å². The van der Waals surface area contributed by atoms with Crippen LogP contribution in [0.4, 0.5) is 0 Å². The van der Waals surface area contributed by atoms with Gasteiger partial charge >= 0.3 is 0 Å². The number of nitrogens with zero attached hydrogens (tertiary/aromatic N) is 2. The van der Waals surface area contributed by atoms with E-state index in [9.17, 15) is 4.79 Å². The molecule has 1 N–H and O–H groups in total. The monoisotopic (exact) mass is 539 g/mol.